The van der Waals surface area contributed by atoms with E-state index in [0.29, 0.717) is 17.9 Å². The molecule has 1 fully saturated rings. The zero-order chi connectivity index (χ0) is 14.5. The quantitative estimate of drug-likeness (QED) is 0.863. The Morgan fingerprint density at radius 3 is 2.65 bits per heavy atom. The molecule has 2 aromatic heterocycles. The zero-order valence-electron chi connectivity index (χ0n) is 11.1. The summed E-state index contributed by atoms with van der Waals surface area (Å²) in [6, 6.07) is 1.73. The van der Waals surface area contributed by atoms with Gasteiger partial charge in [0, 0.05) is 17.9 Å². The summed E-state index contributed by atoms with van der Waals surface area (Å²) in [6.07, 6.45) is -4.42. The normalized spacial score (nSPS) is 23.6. The van der Waals surface area contributed by atoms with Gasteiger partial charge in [-0.3, -0.25) is 4.40 Å². The number of aryl methyl sites for hydroxylation is 2. The summed E-state index contributed by atoms with van der Waals surface area (Å²) in [5, 5.41) is 10.4. The fraction of sp³-hybridized carbons (Fsp3) is 0.583. The van der Waals surface area contributed by atoms with E-state index < -0.39 is 11.6 Å². The molecule has 3 rings (SSSR count). The van der Waals surface area contributed by atoms with Crippen LogP contribution >= 0.6 is 0 Å². The summed E-state index contributed by atoms with van der Waals surface area (Å²) in [7, 11) is 0. The van der Waals surface area contributed by atoms with Gasteiger partial charge in [0.15, 0.2) is 5.82 Å². The van der Waals surface area contributed by atoms with Crippen LogP contribution in [0, 0.1) is 13.8 Å². The largest absolute Gasteiger partial charge is 0.402 e. The zero-order valence-corrected chi connectivity index (χ0v) is 11.1. The number of hydrogen-bond acceptors (Lipinski definition) is 4. The van der Waals surface area contributed by atoms with Gasteiger partial charge in [-0.25, -0.2) is 4.98 Å². The smallest absolute Gasteiger partial charge is 0.315 e. The maximum Gasteiger partial charge on any atom is 0.402 e. The summed E-state index contributed by atoms with van der Waals surface area (Å²) >= 11 is 0. The predicted octanol–water partition coefficient (Wildman–Crippen LogP) is 1.53. The van der Waals surface area contributed by atoms with E-state index in [2.05, 4.69) is 20.5 Å². The molecule has 8 heteroatoms. The Labute approximate surface area is 113 Å². The lowest BCUT2D eigenvalue weighted by Crippen LogP contribution is -2.45. The molecule has 1 unspecified atom stereocenters. The van der Waals surface area contributed by atoms with Crippen molar-refractivity contribution < 1.29 is 13.2 Å². The van der Waals surface area contributed by atoms with Gasteiger partial charge in [-0.1, -0.05) is 0 Å². The molecule has 1 N–H and O–H groups in total. The minimum atomic E-state index is -4.38. The molecule has 0 aromatic carbocycles. The molecular weight excluding hydrogens is 271 g/mol. The molecule has 108 valence electrons. The minimum Gasteiger partial charge on any atom is -0.315 e. The van der Waals surface area contributed by atoms with Crippen LogP contribution in [0.1, 0.15) is 23.6 Å². The molecule has 1 aliphatic heterocycles. The van der Waals surface area contributed by atoms with Crippen LogP contribution in [0.15, 0.2) is 6.07 Å². The van der Waals surface area contributed by atoms with Crippen LogP contribution in [0.2, 0.25) is 0 Å². The Morgan fingerprint density at radius 2 is 2.05 bits per heavy atom. The summed E-state index contributed by atoms with van der Waals surface area (Å²) < 4.78 is 42.1. The first-order valence-corrected chi connectivity index (χ1v) is 6.32. The molecule has 0 amide bonds. The van der Waals surface area contributed by atoms with Crippen molar-refractivity contribution in [2.75, 3.05) is 13.1 Å². The van der Waals surface area contributed by atoms with Gasteiger partial charge in [0.25, 0.3) is 5.78 Å². The van der Waals surface area contributed by atoms with Crippen LogP contribution in [-0.4, -0.2) is 38.8 Å². The van der Waals surface area contributed by atoms with E-state index in [4.69, 9.17) is 0 Å². The minimum absolute atomic E-state index is 0.0371. The highest BCUT2D eigenvalue weighted by molar-refractivity contribution is 5.36. The van der Waals surface area contributed by atoms with E-state index in [1.807, 2.05) is 0 Å². The summed E-state index contributed by atoms with van der Waals surface area (Å²) in [5.41, 5.74) is -0.628. The number of aromatic nitrogens is 4. The molecule has 5 nitrogen and oxygen atoms in total. The predicted molar refractivity (Wildman–Crippen MR) is 65.5 cm³/mol. The fourth-order valence-electron chi connectivity index (χ4n) is 2.79. The van der Waals surface area contributed by atoms with E-state index in [9.17, 15) is 13.2 Å². The summed E-state index contributed by atoms with van der Waals surface area (Å²) in [4.78, 5) is 4.14. The third kappa shape index (κ3) is 1.71. The lowest BCUT2D eigenvalue weighted by Gasteiger charge is -2.29. The number of nitrogens with one attached hydrogen (secondary N) is 1. The van der Waals surface area contributed by atoms with Crippen LogP contribution in [0.25, 0.3) is 5.78 Å². The number of rotatable bonds is 1. The van der Waals surface area contributed by atoms with Crippen molar-refractivity contribution in [1.82, 2.24) is 24.9 Å². The van der Waals surface area contributed by atoms with Crippen molar-refractivity contribution in [3.63, 3.8) is 0 Å². The molecule has 0 aliphatic carbocycles. The summed E-state index contributed by atoms with van der Waals surface area (Å²) in [5.74, 6) is 0.142. The van der Waals surface area contributed by atoms with Crippen LogP contribution < -0.4 is 5.32 Å². The Bertz CT molecular complexity index is 655. The van der Waals surface area contributed by atoms with Crippen molar-refractivity contribution in [3.05, 3.63) is 23.3 Å². The van der Waals surface area contributed by atoms with Crippen molar-refractivity contribution in [2.24, 2.45) is 0 Å². The lowest BCUT2D eigenvalue weighted by atomic mass is 9.85. The van der Waals surface area contributed by atoms with Crippen LogP contribution in [-0.2, 0) is 5.41 Å². The topological polar surface area (TPSA) is 55.1 Å². The molecule has 1 saturated heterocycles. The van der Waals surface area contributed by atoms with Gasteiger partial charge in [0.2, 0.25) is 0 Å². The third-order valence-electron chi connectivity index (χ3n) is 3.82. The molecule has 0 spiro atoms. The van der Waals surface area contributed by atoms with E-state index in [1.54, 1.807) is 19.9 Å². The first kappa shape index (κ1) is 13.3. The van der Waals surface area contributed by atoms with E-state index in [1.165, 1.54) is 4.40 Å². The highest BCUT2D eigenvalue weighted by atomic mass is 19.4. The molecule has 1 aliphatic rings. The molecule has 0 saturated carbocycles. The molecule has 20 heavy (non-hydrogen) atoms. The van der Waals surface area contributed by atoms with E-state index in [0.717, 1.165) is 0 Å². The van der Waals surface area contributed by atoms with Gasteiger partial charge in [0.05, 0.1) is 0 Å². The number of fused-ring (bicyclic) bond motifs is 1. The Kier molecular flexibility index (Phi) is 2.75. The van der Waals surface area contributed by atoms with Crippen LogP contribution in [0.3, 0.4) is 0 Å². The molecule has 1 atom stereocenters. The van der Waals surface area contributed by atoms with Gasteiger partial charge >= 0.3 is 6.18 Å². The van der Waals surface area contributed by atoms with Gasteiger partial charge in [-0.15, -0.1) is 10.2 Å². The maximum atomic E-state index is 13.6. The van der Waals surface area contributed by atoms with Crippen molar-refractivity contribution >= 4 is 5.78 Å². The standard InChI is InChI=1S/C12H14F3N5/c1-7-5-8(2)20-9(18-19-10(20)17-7)11(12(13,14)15)3-4-16-6-11/h5,16H,3-4,6H2,1-2H3. The number of halogens is 3. The van der Waals surface area contributed by atoms with Crippen LogP contribution in [0.4, 0.5) is 13.2 Å². The average molecular weight is 285 g/mol. The second-order valence-electron chi connectivity index (χ2n) is 5.20. The molecular formula is C12H14F3N5. The molecule has 0 bridgehead atoms. The Morgan fingerprint density at radius 1 is 1.30 bits per heavy atom. The molecule has 0 radical (unpaired) electrons. The van der Waals surface area contributed by atoms with Gasteiger partial charge in [-0.2, -0.15) is 13.2 Å². The molecule has 2 aromatic rings. The SMILES string of the molecule is Cc1cc(C)n2c(C3(C(F)(F)F)CCNC3)nnc2n1. The van der Waals surface area contributed by atoms with Gasteiger partial charge in [-0.05, 0) is 32.9 Å². The highest BCUT2D eigenvalue weighted by Gasteiger charge is 2.60. The van der Waals surface area contributed by atoms with Crippen molar-refractivity contribution in [3.8, 4) is 0 Å². The third-order valence-corrected chi connectivity index (χ3v) is 3.82. The number of alkyl halides is 3. The maximum absolute atomic E-state index is 13.6. The first-order valence-electron chi connectivity index (χ1n) is 6.32. The van der Waals surface area contributed by atoms with Crippen LogP contribution in [0.5, 0.6) is 0 Å². The number of nitrogens with zero attached hydrogens (tertiary/aromatic N) is 4. The van der Waals surface area contributed by atoms with Gasteiger partial charge in [0.1, 0.15) is 5.41 Å². The van der Waals surface area contributed by atoms with Crippen molar-refractivity contribution in [2.45, 2.75) is 31.9 Å². The Balaban J connectivity index is 2.28. The second kappa shape index (κ2) is 4.15. The van der Waals surface area contributed by atoms with Gasteiger partial charge < -0.3 is 5.32 Å². The monoisotopic (exact) mass is 285 g/mol. The second-order valence-corrected chi connectivity index (χ2v) is 5.20. The lowest BCUT2D eigenvalue weighted by molar-refractivity contribution is -0.187. The number of hydrogen-bond donors (Lipinski definition) is 1. The fourth-order valence-corrected chi connectivity index (χ4v) is 2.79. The first-order chi connectivity index (χ1) is 9.35. The highest BCUT2D eigenvalue weighted by Crippen LogP contribution is 2.44. The average Bonchev–Trinajstić information content (AvgIpc) is 2.92. The summed E-state index contributed by atoms with van der Waals surface area (Å²) in [6.45, 7) is 3.65. The molecule has 3 heterocycles. The van der Waals surface area contributed by atoms with E-state index in [-0.39, 0.29) is 24.6 Å². The van der Waals surface area contributed by atoms with Crippen molar-refractivity contribution in [1.29, 1.82) is 0 Å². The van der Waals surface area contributed by atoms with E-state index >= 15 is 0 Å². The Hall–Kier alpha value is -1.70.